The van der Waals surface area contributed by atoms with Crippen LogP contribution in [0.4, 0.5) is 11.5 Å². The van der Waals surface area contributed by atoms with Gasteiger partial charge in [0.1, 0.15) is 5.69 Å². The van der Waals surface area contributed by atoms with Gasteiger partial charge >= 0.3 is 5.69 Å². The van der Waals surface area contributed by atoms with Crippen LogP contribution in [0.5, 0.6) is 0 Å². The van der Waals surface area contributed by atoms with Crippen molar-refractivity contribution in [2.24, 2.45) is 0 Å². The van der Waals surface area contributed by atoms with Gasteiger partial charge in [-0.15, -0.1) is 0 Å². The van der Waals surface area contributed by atoms with Gasteiger partial charge in [0.05, 0.1) is 17.1 Å². The van der Waals surface area contributed by atoms with Crippen LogP contribution < -0.4 is 4.90 Å². The number of hydrogen-bond donors (Lipinski definition) is 0. The molecule has 104 valence electrons. The fourth-order valence-electron chi connectivity index (χ4n) is 2.15. The van der Waals surface area contributed by atoms with Gasteiger partial charge in [0.15, 0.2) is 0 Å². The lowest BCUT2D eigenvalue weighted by Gasteiger charge is -2.38. The molecule has 2 rings (SSSR count). The summed E-state index contributed by atoms with van der Waals surface area (Å²) in [5.74, 6) is 0.263. The highest BCUT2D eigenvalue weighted by atomic mass is 35.5. The fraction of sp³-hybridized carbons (Fsp3) is 0.636. The number of halogens is 1. The van der Waals surface area contributed by atoms with Gasteiger partial charge in [-0.2, -0.15) is 4.98 Å². The number of morpholine rings is 1. The number of rotatable bonds is 2. The van der Waals surface area contributed by atoms with Crippen LogP contribution >= 0.6 is 11.6 Å². The minimum atomic E-state index is -0.469. The molecule has 0 atom stereocenters. The van der Waals surface area contributed by atoms with Crippen molar-refractivity contribution in [3.05, 3.63) is 21.1 Å². The molecule has 0 bridgehead atoms. The lowest BCUT2D eigenvalue weighted by atomic mass is 10.1. The molecule has 0 saturated carbocycles. The molecule has 19 heavy (non-hydrogen) atoms. The zero-order chi connectivity index (χ0) is 14.2. The first-order valence-corrected chi connectivity index (χ1v) is 6.25. The second kappa shape index (κ2) is 4.90. The van der Waals surface area contributed by atoms with Crippen molar-refractivity contribution in [2.75, 3.05) is 24.6 Å². The van der Waals surface area contributed by atoms with E-state index in [1.54, 1.807) is 6.92 Å². The Kier molecular flexibility index (Phi) is 3.60. The van der Waals surface area contributed by atoms with Crippen molar-refractivity contribution < 1.29 is 9.66 Å². The maximum absolute atomic E-state index is 11.2. The molecule has 0 radical (unpaired) electrons. The third-order valence-electron chi connectivity index (χ3n) is 2.92. The summed E-state index contributed by atoms with van der Waals surface area (Å²) in [4.78, 5) is 20.4. The van der Waals surface area contributed by atoms with Crippen LogP contribution in [0.1, 0.15) is 19.5 Å². The van der Waals surface area contributed by atoms with Crippen LogP contribution in [0.25, 0.3) is 0 Å². The molecule has 1 aromatic rings. The maximum Gasteiger partial charge on any atom is 0.332 e. The average molecular weight is 287 g/mol. The summed E-state index contributed by atoms with van der Waals surface area (Å²) in [6, 6.07) is 0. The monoisotopic (exact) mass is 286 g/mol. The van der Waals surface area contributed by atoms with E-state index in [1.165, 1.54) is 0 Å². The van der Waals surface area contributed by atoms with Gasteiger partial charge in [0, 0.05) is 13.1 Å². The Morgan fingerprint density at radius 3 is 2.74 bits per heavy atom. The van der Waals surface area contributed by atoms with Crippen molar-refractivity contribution in [2.45, 2.75) is 26.4 Å². The van der Waals surface area contributed by atoms with Crippen LogP contribution in [0.3, 0.4) is 0 Å². The van der Waals surface area contributed by atoms with Gasteiger partial charge in [0.25, 0.3) is 0 Å². The SMILES string of the molecule is Cc1nc(Cl)nc(N2CCOC(C)(C)C2)c1[N+](=O)[O-]. The van der Waals surface area contributed by atoms with Crippen molar-refractivity contribution in [1.82, 2.24) is 9.97 Å². The summed E-state index contributed by atoms with van der Waals surface area (Å²) < 4.78 is 5.59. The summed E-state index contributed by atoms with van der Waals surface area (Å²) in [6.45, 7) is 6.96. The molecule has 0 unspecified atom stereocenters. The van der Waals surface area contributed by atoms with E-state index in [9.17, 15) is 10.1 Å². The molecule has 1 aliphatic rings. The zero-order valence-corrected chi connectivity index (χ0v) is 11.8. The lowest BCUT2D eigenvalue weighted by molar-refractivity contribution is -0.385. The topological polar surface area (TPSA) is 81.4 Å². The van der Waals surface area contributed by atoms with Crippen LogP contribution in [0, 0.1) is 17.0 Å². The molecular weight excluding hydrogens is 272 g/mol. The van der Waals surface area contributed by atoms with Crippen molar-refractivity contribution in [1.29, 1.82) is 0 Å². The Morgan fingerprint density at radius 1 is 1.47 bits per heavy atom. The molecule has 2 heterocycles. The van der Waals surface area contributed by atoms with Crippen molar-refractivity contribution in [3.8, 4) is 0 Å². The van der Waals surface area contributed by atoms with Gasteiger partial charge < -0.3 is 9.64 Å². The highest BCUT2D eigenvalue weighted by molar-refractivity contribution is 6.28. The van der Waals surface area contributed by atoms with E-state index in [0.29, 0.717) is 19.7 Å². The first-order chi connectivity index (χ1) is 8.80. The van der Waals surface area contributed by atoms with Crippen molar-refractivity contribution in [3.63, 3.8) is 0 Å². The highest BCUT2D eigenvalue weighted by Crippen LogP contribution is 2.32. The molecule has 0 N–H and O–H groups in total. The molecule has 0 amide bonds. The second-order valence-electron chi connectivity index (χ2n) is 5.04. The van der Waals surface area contributed by atoms with Crippen LogP contribution in [-0.4, -0.2) is 40.2 Å². The van der Waals surface area contributed by atoms with E-state index < -0.39 is 4.92 Å². The molecule has 0 aromatic carbocycles. The molecular formula is C11H15ClN4O3. The van der Waals surface area contributed by atoms with Crippen LogP contribution in [0.2, 0.25) is 5.28 Å². The number of aromatic nitrogens is 2. The maximum atomic E-state index is 11.2. The Morgan fingerprint density at radius 2 is 2.16 bits per heavy atom. The molecule has 0 spiro atoms. The van der Waals surface area contributed by atoms with Gasteiger partial charge in [0.2, 0.25) is 11.1 Å². The standard InChI is InChI=1S/C11H15ClN4O3/c1-7-8(16(17)18)9(14-10(12)13-7)15-4-5-19-11(2,3)6-15/h4-6H2,1-3H3. The lowest BCUT2D eigenvalue weighted by Crippen LogP contribution is -2.48. The first-order valence-electron chi connectivity index (χ1n) is 5.87. The molecule has 1 fully saturated rings. The number of hydrogen-bond acceptors (Lipinski definition) is 6. The largest absolute Gasteiger partial charge is 0.372 e. The van der Waals surface area contributed by atoms with E-state index in [2.05, 4.69) is 9.97 Å². The molecule has 1 aromatic heterocycles. The Bertz CT molecular complexity index is 521. The number of ether oxygens (including phenoxy) is 1. The predicted molar refractivity (Wildman–Crippen MR) is 70.7 cm³/mol. The second-order valence-corrected chi connectivity index (χ2v) is 5.38. The van der Waals surface area contributed by atoms with Crippen LogP contribution in [-0.2, 0) is 4.74 Å². The third-order valence-corrected chi connectivity index (χ3v) is 3.09. The van der Waals surface area contributed by atoms with Gasteiger partial charge in [-0.25, -0.2) is 4.98 Å². The third kappa shape index (κ3) is 2.93. The van der Waals surface area contributed by atoms with Gasteiger partial charge in [-0.05, 0) is 32.4 Å². The number of anilines is 1. The number of nitrogens with zero attached hydrogens (tertiary/aromatic N) is 4. The summed E-state index contributed by atoms with van der Waals surface area (Å²) in [5, 5.41) is 11.2. The average Bonchev–Trinajstić information content (AvgIpc) is 2.25. The molecule has 8 heteroatoms. The van der Waals surface area contributed by atoms with E-state index in [-0.39, 0.29) is 28.1 Å². The molecule has 7 nitrogen and oxygen atoms in total. The van der Waals surface area contributed by atoms with Crippen molar-refractivity contribution >= 4 is 23.1 Å². The first kappa shape index (κ1) is 14.0. The highest BCUT2D eigenvalue weighted by Gasteiger charge is 2.33. The van der Waals surface area contributed by atoms with E-state index in [4.69, 9.17) is 16.3 Å². The summed E-state index contributed by atoms with van der Waals surface area (Å²) in [6.07, 6.45) is 0. The molecule has 1 aliphatic heterocycles. The van der Waals surface area contributed by atoms with Gasteiger partial charge in [-0.3, -0.25) is 10.1 Å². The Labute approximate surface area is 115 Å². The summed E-state index contributed by atoms with van der Waals surface area (Å²) in [5.41, 5.74) is -0.205. The van der Waals surface area contributed by atoms with E-state index in [1.807, 2.05) is 18.7 Å². The zero-order valence-electron chi connectivity index (χ0n) is 11.0. The Hall–Kier alpha value is -1.47. The number of nitro groups is 1. The van der Waals surface area contributed by atoms with E-state index in [0.717, 1.165) is 0 Å². The fourth-order valence-corrected chi connectivity index (χ4v) is 2.36. The normalized spacial score (nSPS) is 18.4. The van der Waals surface area contributed by atoms with Crippen LogP contribution in [0.15, 0.2) is 0 Å². The smallest absolute Gasteiger partial charge is 0.332 e. The number of aryl methyl sites for hydroxylation is 1. The minimum absolute atomic E-state index is 0.0161. The Balaban J connectivity index is 2.46. The minimum Gasteiger partial charge on any atom is -0.372 e. The van der Waals surface area contributed by atoms with Gasteiger partial charge in [-0.1, -0.05) is 0 Å². The molecule has 1 saturated heterocycles. The predicted octanol–water partition coefficient (Wildman–Crippen LogP) is 1.96. The summed E-state index contributed by atoms with van der Waals surface area (Å²) >= 11 is 5.81. The van der Waals surface area contributed by atoms with E-state index >= 15 is 0 Å². The molecule has 0 aliphatic carbocycles. The quantitative estimate of drug-likeness (QED) is 0.470. The summed E-state index contributed by atoms with van der Waals surface area (Å²) in [7, 11) is 0.